The summed E-state index contributed by atoms with van der Waals surface area (Å²) in [5.74, 6) is 0.612. The second kappa shape index (κ2) is 7.49. The van der Waals surface area contributed by atoms with E-state index in [4.69, 9.17) is 0 Å². The van der Waals surface area contributed by atoms with Crippen molar-refractivity contribution in [1.82, 2.24) is 0 Å². The Hall–Kier alpha value is -1.76. The smallest absolute Gasteiger partial charge is 0.0382 e. The van der Waals surface area contributed by atoms with Crippen LogP contribution in [0, 0.1) is 5.92 Å². The quantitative estimate of drug-likeness (QED) is 0.605. The van der Waals surface area contributed by atoms with Gasteiger partial charge in [0.1, 0.15) is 0 Å². The van der Waals surface area contributed by atoms with E-state index in [2.05, 4.69) is 63.6 Å². The van der Waals surface area contributed by atoms with Gasteiger partial charge in [-0.2, -0.15) is 0 Å². The monoisotopic (exact) mass is 295 g/mol. The summed E-state index contributed by atoms with van der Waals surface area (Å²) in [7, 11) is 0. The van der Waals surface area contributed by atoms with E-state index in [1.165, 1.54) is 47.2 Å². The summed E-state index contributed by atoms with van der Waals surface area (Å²) in [5.41, 5.74) is 7.68. The molecule has 1 heteroatoms. The molecule has 0 fully saturated rings. The van der Waals surface area contributed by atoms with Crippen molar-refractivity contribution in [3.8, 4) is 0 Å². The zero-order valence-electron chi connectivity index (χ0n) is 14.3. The Labute approximate surface area is 135 Å². The zero-order chi connectivity index (χ0) is 16.1. The highest BCUT2D eigenvalue weighted by atomic mass is 14.8. The third-order valence-electron chi connectivity index (χ3n) is 4.32. The molecule has 1 aliphatic carbocycles. The van der Waals surface area contributed by atoms with Gasteiger partial charge in [-0.1, -0.05) is 40.0 Å². The minimum atomic E-state index is 0.612. The van der Waals surface area contributed by atoms with Crippen LogP contribution in [0.3, 0.4) is 0 Å². The molecule has 22 heavy (non-hydrogen) atoms. The normalized spacial score (nSPS) is 14.1. The van der Waals surface area contributed by atoms with E-state index in [1.54, 1.807) is 0 Å². The second-order valence-corrected chi connectivity index (χ2v) is 6.70. The van der Waals surface area contributed by atoms with Crippen molar-refractivity contribution in [3.05, 3.63) is 65.4 Å². The van der Waals surface area contributed by atoms with Crippen LogP contribution in [0.5, 0.6) is 0 Å². The molecule has 0 unspecified atom stereocenters. The number of rotatable bonds is 7. The molecule has 1 N–H and O–H groups in total. The average molecular weight is 295 g/mol. The summed E-state index contributed by atoms with van der Waals surface area (Å²) < 4.78 is 0. The molecule has 1 aliphatic rings. The van der Waals surface area contributed by atoms with Gasteiger partial charge in [0.15, 0.2) is 0 Å². The van der Waals surface area contributed by atoms with Crippen molar-refractivity contribution in [1.29, 1.82) is 0 Å². The molecular formula is C21H29N. The van der Waals surface area contributed by atoms with Crippen molar-refractivity contribution in [2.75, 3.05) is 5.32 Å². The summed E-state index contributed by atoms with van der Waals surface area (Å²) in [6, 6.07) is 6.73. The van der Waals surface area contributed by atoms with Crippen molar-refractivity contribution >= 4 is 5.69 Å². The van der Waals surface area contributed by atoms with Gasteiger partial charge in [-0.25, -0.2) is 0 Å². The fraction of sp³-hybridized carbons (Fsp3) is 0.429. The topological polar surface area (TPSA) is 12.0 Å². The Kier molecular flexibility index (Phi) is 5.65. The Morgan fingerprint density at radius 3 is 2.59 bits per heavy atom. The van der Waals surface area contributed by atoms with Crippen LogP contribution in [0.25, 0.3) is 0 Å². The molecule has 1 nitrogen and oxygen atoms in total. The maximum Gasteiger partial charge on any atom is 0.0382 e. The number of fused-ring (bicyclic) bond motifs is 1. The molecule has 1 aromatic carbocycles. The van der Waals surface area contributed by atoms with E-state index in [0.717, 1.165) is 18.4 Å². The Morgan fingerprint density at radius 2 is 1.91 bits per heavy atom. The van der Waals surface area contributed by atoms with Crippen LogP contribution in [0.2, 0.25) is 0 Å². The van der Waals surface area contributed by atoms with Gasteiger partial charge >= 0.3 is 0 Å². The summed E-state index contributed by atoms with van der Waals surface area (Å²) in [5, 5.41) is 3.46. The van der Waals surface area contributed by atoms with Crippen LogP contribution in [0.4, 0.5) is 5.69 Å². The third-order valence-corrected chi connectivity index (χ3v) is 4.32. The molecule has 0 aromatic heterocycles. The van der Waals surface area contributed by atoms with Crippen LogP contribution >= 0.6 is 0 Å². The number of allylic oxidation sites excluding steroid dienone is 3. The van der Waals surface area contributed by atoms with Crippen LogP contribution in [0.15, 0.2) is 54.3 Å². The molecule has 0 bridgehead atoms. The fourth-order valence-corrected chi connectivity index (χ4v) is 3.06. The van der Waals surface area contributed by atoms with Crippen LogP contribution in [-0.4, -0.2) is 0 Å². The fourth-order valence-electron chi connectivity index (χ4n) is 3.06. The number of anilines is 1. The highest BCUT2D eigenvalue weighted by Crippen LogP contribution is 2.27. The number of hydrogen-bond donors (Lipinski definition) is 1. The van der Waals surface area contributed by atoms with Crippen LogP contribution < -0.4 is 5.32 Å². The zero-order valence-corrected chi connectivity index (χ0v) is 14.3. The Bertz CT molecular complexity index is 590. The first-order valence-corrected chi connectivity index (χ1v) is 8.46. The third kappa shape index (κ3) is 4.13. The maximum absolute atomic E-state index is 4.27. The van der Waals surface area contributed by atoms with E-state index >= 15 is 0 Å². The van der Waals surface area contributed by atoms with E-state index in [-0.39, 0.29) is 0 Å². The lowest BCUT2D eigenvalue weighted by Crippen LogP contribution is -2.00. The summed E-state index contributed by atoms with van der Waals surface area (Å²) >= 11 is 0. The van der Waals surface area contributed by atoms with Gasteiger partial charge in [-0.15, -0.1) is 0 Å². The Morgan fingerprint density at radius 1 is 1.18 bits per heavy atom. The summed E-state index contributed by atoms with van der Waals surface area (Å²) in [4.78, 5) is 0. The lowest BCUT2D eigenvalue weighted by atomic mass is 9.93. The molecule has 0 heterocycles. The minimum absolute atomic E-state index is 0.612. The molecule has 0 saturated heterocycles. The number of aryl methyl sites for hydroxylation is 2. The van der Waals surface area contributed by atoms with Gasteiger partial charge in [0.2, 0.25) is 0 Å². The molecule has 0 amide bonds. The van der Waals surface area contributed by atoms with E-state index < -0.39 is 0 Å². The molecule has 118 valence electrons. The van der Waals surface area contributed by atoms with E-state index in [9.17, 15) is 0 Å². The van der Waals surface area contributed by atoms with Crippen molar-refractivity contribution in [2.24, 2.45) is 5.92 Å². The number of hydrogen-bond acceptors (Lipinski definition) is 1. The minimum Gasteiger partial charge on any atom is -0.361 e. The molecule has 0 atom stereocenters. The lowest BCUT2D eigenvalue weighted by Gasteiger charge is -2.15. The van der Waals surface area contributed by atoms with Gasteiger partial charge in [0.05, 0.1) is 0 Å². The van der Waals surface area contributed by atoms with Gasteiger partial charge in [0, 0.05) is 11.9 Å². The summed E-state index contributed by atoms with van der Waals surface area (Å²) in [6.07, 6.45) is 7.79. The van der Waals surface area contributed by atoms with Gasteiger partial charge in [-0.3, -0.25) is 0 Å². The first-order valence-electron chi connectivity index (χ1n) is 8.46. The highest BCUT2D eigenvalue weighted by Gasteiger charge is 2.11. The first kappa shape index (κ1) is 16.6. The number of benzene rings is 1. The molecular weight excluding hydrogens is 266 g/mol. The van der Waals surface area contributed by atoms with Crippen molar-refractivity contribution in [3.63, 3.8) is 0 Å². The lowest BCUT2D eigenvalue weighted by molar-refractivity contribution is 0.647. The molecule has 2 rings (SSSR count). The standard InChI is InChI=1S/C21H29N/c1-6-16(4)21(17(5)12-15(2)3)14-22-20-11-10-18-8-7-9-19(18)13-20/h10-11,13-15,22H,4-9,12H2,1-3H3/b21-14-. The van der Waals surface area contributed by atoms with E-state index in [1.807, 2.05) is 0 Å². The predicted molar refractivity (Wildman–Crippen MR) is 98.2 cm³/mol. The largest absolute Gasteiger partial charge is 0.361 e. The molecule has 1 aromatic rings. The van der Waals surface area contributed by atoms with Crippen LogP contribution in [-0.2, 0) is 12.8 Å². The van der Waals surface area contributed by atoms with Crippen molar-refractivity contribution in [2.45, 2.75) is 52.9 Å². The Balaban J connectivity index is 2.15. The molecule has 0 saturated carbocycles. The molecule has 0 spiro atoms. The molecule has 0 aliphatic heterocycles. The first-order chi connectivity index (χ1) is 10.5. The van der Waals surface area contributed by atoms with E-state index in [0.29, 0.717) is 5.92 Å². The maximum atomic E-state index is 4.27. The van der Waals surface area contributed by atoms with Gasteiger partial charge in [0.25, 0.3) is 0 Å². The second-order valence-electron chi connectivity index (χ2n) is 6.70. The van der Waals surface area contributed by atoms with Crippen LogP contribution in [0.1, 0.15) is 51.2 Å². The number of nitrogens with one attached hydrogen (secondary N) is 1. The van der Waals surface area contributed by atoms with Gasteiger partial charge < -0.3 is 5.32 Å². The molecule has 0 radical (unpaired) electrons. The summed E-state index contributed by atoms with van der Waals surface area (Å²) in [6.45, 7) is 15.1. The highest BCUT2D eigenvalue weighted by molar-refractivity contribution is 5.55. The predicted octanol–water partition coefficient (Wildman–Crippen LogP) is 6.04. The van der Waals surface area contributed by atoms with Gasteiger partial charge in [-0.05, 0) is 78.0 Å². The average Bonchev–Trinajstić information content (AvgIpc) is 2.93. The SMILES string of the molecule is C=C(CC)/C(=C/Nc1ccc2c(c1)CCC2)C(=C)CC(C)C. The van der Waals surface area contributed by atoms with Crippen molar-refractivity contribution < 1.29 is 0 Å².